The zero-order valence-electron chi connectivity index (χ0n) is 11.3. The molecule has 0 spiro atoms. The van der Waals surface area contributed by atoms with Crippen molar-refractivity contribution in [3.63, 3.8) is 0 Å². The average molecular weight is 296 g/mol. The first-order valence-electron chi connectivity index (χ1n) is 6.37. The van der Waals surface area contributed by atoms with E-state index in [-0.39, 0.29) is 11.2 Å². The largest absolute Gasteiger partial charge is 0.464 e. The smallest absolute Gasteiger partial charge is 0.364 e. The summed E-state index contributed by atoms with van der Waals surface area (Å²) < 4.78 is 15.2. The summed E-state index contributed by atoms with van der Waals surface area (Å²) in [5.41, 5.74) is 0.406. The van der Waals surface area contributed by atoms with Crippen LogP contribution in [0, 0.1) is 0 Å². The Morgan fingerprint density at radius 3 is 2.82 bits per heavy atom. The highest BCUT2D eigenvalue weighted by molar-refractivity contribution is 6.08. The van der Waals surface area contributed by atoms with Crippen LogP contribution in [0.2, 0.25) is 0 Å². The van der Waals surface area contributed by atoms with Gasteiger partial charge in [0.1, 0.15) is 11.2 Å². The average Bonchev–Trinajstić information content (AvgIpc) is 2.99. The molecule has 108 valence electrons. The molecule has 7 nitrogen and oxygen atoms in total. The van der Waals surface area contributed by atoms with Crippen LogP contribution in [0.5, 0.6) is 0 Å². The maximum atomic E-state index is 12.0. The summed E-state index contributed by atoms with van der Waals surface area (Å²) in [6, 6.07) is 6.70. The molecule has 0 aliphatic carbocycles. The lowest BCUT2D eigenvalue weighted by Gasteiger charge is -2.03. The fraction of sp³-hybridized carbons (Fsp3) is 0.0667. The molecule has 0 saturated heterocycles. The van der Waals surface area contributed by atoms with Gasteiger partial charge in [0, 0.05) is 22.2 Å². The lowest BCUT2D eigenvalue weighted by atomic mass is 10.1. The highest BCUT2D eigenvalue weighted by Gasteiger charge is 2.15. The molecule has 0 amide bonds. The standard InChI is InChI=1S/C15H8N2O5/c1-20-14(18)10-5-9-8-4-7-2-3-21-11(7)6-12(8)22-15(19)13(9)17-16-10/h2-6H,1H3. The number of carbonyl (C=O) groups excluding carboxylic acids is 1. The topological polar surface area (TPSA) is 95.4 Å². The number of rotatable bonds is 1. The molecule has 3 heterocycles. The summed E-state index contributed by atoms with van der Waals surface area (Å²) in [6.45, 7) is 0. The molecule has 3 aromatic heterocycles. The third-order valence-electron chi connectivity index (χ3n) is 3.43. The molecule has 0 fully saturated rings. The van der Waals surface area contributed by atoms with Gasteiger partial charge in [0.2, 0.25) is 0 Å². The Morgan fingerprint density at radius 1 is 1.14 bits per heavy atom. The normalized spacial score (nSPS) is 11.3. The Labute approximate surface area is 122 Å². The number of nitrogens with zero attached hydrogens (tertiary/aromatic N) is 2. The summed E-state index contributed by atoms with van der Waals surface area (Å²) in [6.07, 6.45) is 1.55. The number of hydrogen-bond donors (Lipinski definition) is 0. The number of ether oxygens (including phenoxy) is 1. The van der Waals surface area contributed by atoms with Crippen molar-refractivity contribution in [3.05, 3.63) is 46.6 Å². The van der Waals surface area contributed by atoms with Crippen LogP contribution in [-0.4, -0.2) is 23.3 Å². The van der Waals surface area contributed by atoms with Crippen molar-refractivity contribution in [2.75, 3.05) is 7.11 Å². The van der Waals surface area contributed by atoms with Gasteiger partial charge in [-0.05, 0) is 18.2 Å². The van der Waals surface area contributed by atoms with Crippen molar-refractivity contribution < 1.29 is 18.4 Å². The second-order valence-corrected chi connectivity index (χ2v) is 4.68. The maximum Gasteiger partial charge on any atom is 0.364 e. The molecule has 4 rings (SSSR count). The molecule has 0 N–H and O–H groups in total. The summed E-state index contributed by atoms with van der Waals surface area (Å²) in [5.74, 6) is -0.625. The van der Waals surface area contributed by atoms with Gasteiger partial charge in [-0.15, -0.1) is 10.2 Å². The fourth-order valence-corrected chi connectivity index (χ4v) is 2.39. The number of methoxy groups -OCH3 is 1. The Morgan fingerprint density at radius 2 is 2.00 bits per heavy atom. The number of furan rings is 1. The molecule has 0 aliphatic rings. The highest BCUT2D eigenvalue weighted by atomic mass is 16.5. The van der Waals surface area contributed by atoms with Gasteiger partial charge >= 0.3 is 11.6 Å². The first kappa shape index (κ1) is 12.5. The fourth-order valence-electron chi connectivity index (χ4n) is 2.39. The summed E-state index contributed by atoms with van der Waals surface area (Å²) in [7, 11) is 1.25. The zero-order valence-corrected chi connectivity index (χ0v) is 11.3. The van der Waals surface area contributed by atoms with E-state index in [1.807, 2.05) is 6.07 Å². The van der Waals surface area contributed by atoms with E-state index in [4.69, 9.17) is 8.83 Å². The Kier molecular flexibility index (Phi) is 2.50. The maximum absolute atomic E-state index is 12.0. The zero-order chi connectivity index (χ0) is 15.3. The van der Waals surface area contributed by atoms with Crippen LogP contribution < -0.4 is 5.63 Å². The first-order valence-corrected chi connectivity index (χ1v) is 6.37. The van der Waals surface area contributed by atoms with E-state index < -0.39 is 11.6 Å². The van der Waals surface area contributed by atoms with Gasteiger partial charge in [-0.2, -0.15) is 0 Å². The summed E-state index contributed by atoms with van der Waals surface area (Å²) in [5, 5.41) is 9.45. The summed E-state index contributed by atoms with van der Waals surface area (Å²) in [4.78, 5) is 23.6. The van der Waals surface area contributed by atoms with Gasteiger partial charge in [0.05, 0.1) is 13.4 Å². The molecule has 0 bridgehead atoms. The molecular weight excluding hydrogens is 288 g/mol. The minimum atomic E-state index is -0.627. The third-order valence-corrected chi connectivity index (χ3v) is 3.43. The van der Waals surface area contributed by atoms with E-state index >= 15 is 0 Å². The Hall–Kier alpha value is -3.22. The first-order chi connectivity index (χ1) is 10.7. The second-order valence-electron chi connectivity index (χ2n) is 4.68. The molecule has 1 aromatic carbocycles. The molecule has 0 radical (unpaired) electrons. The van der Waals surface area contributed by atoms with Crippen LogP contribution >= 0.6 is 0 Å². The van der Waals surface area contributed by atoms with Gasteiger partial charge in [-0.25, -0.2) is 9.59 Å². The van der Waals surface area contributed by atoms with E-state index in [0.29, 0.717) is 21.9 Å². The van der Waals surface area contributed by atoms with Gasteiger partial charge in [0.25, 0.3) is 0 Å². The number of aromatic nitrogens is 2. The highest BCUT2D eigenvalue weighted by Crippen LogP contribution is 2.27. The summed E-state index contributed by atoms with van der Waals surface area (Å²) >= 11 is 0. The van der Waals surface area contributed by atoms with Crippen LogP contribution in [0.4, 0.5) is 0 Å². The quantitative estimate of drug-likeness (QED) is 0.302. The van der Waals surface area contributed by atoms with Gasteiger partial charge in [0.15, 0.2) is 11.2 Å². The third kappa shape index (κ3) is 1.69. The molecule has 22 heavy (non-hydrogen) atoms. The molecule has 4 aromatic rings. The Bertz CT molecular complexity index is 1110. The van der Waals surface area contributed by atoms with E-state index in [1.165, 1.54) is 13.2 Å². The van der Waals surface area contributed by atoms with Crippen molar-refractivity contribution in [3.8, 4) is 0 Å². The number of carbonyl (C=O) groups is 1. The van der Waals surface area contributed by atoms with Crippen molar-refractivity contribution in [1.82, 2.24) is 10.2 Å². The number of hydrogen-bond acceptors (Lipinski definition) is 7. The van der Waals surface area contributed by atoms with Crippen LogP contribution in [0.3, 0.4) is 0 Å². The minimum absolute atomic E-state index is 0.0224. The van der Waals surface area contributed by atoms with Crippen molar-refractivity contribution >= 4 is 38.8 Å². The lowest BCUT2D eigenvalue weighted by molar-refractivity contribution is 0.0593. The predicted octanol–water partition coefficient (Wildman–Crippen LogP) is 2.27. The molecule has 0 saturated carbocycles. The van der Waals surface area contributed by atoms with Gasteiger partial charge < -0.3 is 13.6 Å². The van der Waals surface area contributed by atoms with E-state index in [2.05, 4.69) is 14.9 Å². The molecule has 0 aliphatic heterocycles. The SMILES string of the molecule is COC(=O)c1cc2c(nn1)c(=O)oc1cc3occc3cc12. The van der Waals surface area contributed by atoms with Gasteiger partial charge in [-0.3, -0.25) is 0 Å². The number of fused-ring (bicyclic) bond motifs is 4. The van der Waals surface area contributed by atoms with Crippen LogP contribution in [0.15, 0.2) is 44.2 Å². The molecular formula is C15H8N2O5. The van der Waals surface area contributed by atoms with Crippen LogP contribution in [-0.2, 0) is 4.74 Å². The van der Waals surface area contributed by atoms with Crippen molar-refractivity contribution in [2.24, 2.45) is 0 Å². The monoisotopic (exact) mass is 296 g/mol. The van der Waals surface area contributed by atoms with Crippen molar-refractivity contribution in [1.29, 1.82) is 0 Å². The lowest BCUT2D eigenvalue weighted by Crippen LogP contribution is -2.09. The second kappa shape index (κ2) is 4.39. The van der Waals surface area contributed by atoms with Crippen LogP contribution in [0.1, 0.15) is 10.5 Å². The molecule has 0 unspecified atom stereocenters. The van der Waals surface area contributed by atoms with E-state index in [9.17, 15) is 9.59 Å². The number of benzene rings is 1. The molecule has 7 heteroatoms. The van der Waals surface area contributed by atoms with Crippen molar-refractivity contribution in [2.45, 2.75) is 0 Å². The number of esters is 1. The van der Waals surface area contributed by atoms with E-state index in [0.717, 1.165) is 5.39 Å². The van der Waals surface area contributed by atoms with E-state index in [1.54, 1.807) is 18.4 Å². The predicted molar refractivity (Wildman–Crippen MR) is 76.7 cm³/mol. The Balaban J connectivity index is 2.18. The van der Waals surface area contributed by atoms with Gasteiger partial charge in [-0.1, -0.05) is 0 Å². The molecule has 0 atom stereocenters. The van der Waals surface area contributed by atoms with Crippen LogP contribution in [0.25, 0.3) is 32.8 Å². The minimum Gasteiger partial charge on any atom is -0.464 e.